The predicted molar refractivity (Wildman–Crippen MR) is 87.0 cm³/mol. The molecule has 0 saturated carbocycles. The van der Waals surface area contributed by atoms with Crippen LogP contribution in [-0.2, 0) is 0 Å². The first-order chi connectivity index (χ1) is 9.82. The second kappa shape index (κ2) is 6.03. The lowest BCUT2D eigenvalue weighted by Gasteiger charge is -2.10. The summed E-state index contributed by atoms with van der Waals surface area (Å²) < 4.78 is 1.46. The Morgan fingerprint density at radius 2 is 1.76 bits per heavy atom. The van der Waals surface area contributed by atoms with Gasteiger partial charge < -0.3 is 15.4 Å². The number of anilines is 1. The van der Waals surface area contributed by atoms with E-state index in [-0.39, 0.29) is 11.6 Å². The molecule has 0 unspecified atom stereocenters. The number of carboxylic acids is 1. The molecule has 1 aromatic heterocycles. The highest BCUT2D eigenvalue weighted by atomic mass is 79.9. The molecule has 110 valence electrons. The van der Waals surface area contributed by atoms with Gasteiger partial charge in [0, 0.05) is 14.6 Å². The second-order valence-electron chi connectivity index (χ2n) is 4.48. The third-order valence-corrected chi connectivity index (χ3v) is 4.40. The van der Waals surface area contributed by atoms with Gasteiger partial charge in [0.15, 0.2) is 0 Å². The van der Waals surface area contributed by atoms with Crippen molar-refractivity contribution in [3.05, 3.63) is 49.7 Å². The number of halogens is 2. The largest absolute Gasteiger partial charge is 0.477 e. The minimum absolute atomic E-state index is 0.0313. The van der Waals surface area contributed by atoms with Crippen molar-refractivity contribution < 1.29 is 14.7 Å². The third kappa shape index (κ3) is 3.03. The Morgan fingerprint density at radius 3 is 2.24 bits per heavy atom. The second-order valence-corrected chi connectivity index (χ2v) is 6.19. The maximum Gasteiger partial charge on any atom is 0.352 e. The lowest BCUT2D eigenvalue weighted by Crippen LogP contribution is -2.14. The minimum Gasteiger partial charge on any atom is -0.477 e. The number of aryl methyl sites for hydroxylation is 1. The first-order valence-corrected chi connectivity index (χ1v) is 7.59. The number of carbonyl (C=O) groups excluding carboxylic acids is 1. The number of carboxylic acid groups (broad SMARTS) is 1. The Bertz CT molecular complexity index is 718. The average Bonchev–Trinajstić information content (AvgIpc) is 2.69. The molecule has 21 heavy (non-hydrogen) atoms. The van der Waals surface area contributed by atoms with E-state index in [9.17, 15) is 9.59 Å². The molecule has 0 saturated heterocycles. The molecule has 0 radical (unpaired) electrons. The lowest BCUT2D eigenvalue weighted by atomic mass is 10.1. The molecular weight excluding hydrogens is 404 g/mol. The Morgan fingerprint density at radius 1 is 1.19 bits per heavy atom. The van der Waals surface area contributed by atoms with Gasteiger partial charge in [-0.25, -0.2) is 4.79 Å². The molecule has 0 bridgehead atoms. The van der Waals surface area contributed by atoms with Crippen molar-refractivity contribution in [3.8, 4) is 0 Å². The maximum atomic E-state index is 12.4. The van der Waals surface area contributed by atoms with E-state index in [0.29, 0.717) is 22.5 Å². The lowest BCUT2D eigenvalue weighted by molar-refractivity contribution is 0.0690. The molecule has 1 aromatic carbocycles. The van der Waals surface area contributed by atoms with Crippen LogP contribution in [0, 0.1) is 13.8 Å². The first kappa shape index (κ1) is 15.8. The van der Waals surface area contributed by atoms with Gasteiger partial charge in [-0.05, 0) is 63.4 Å². The fourth-order valence-electron chi connectivity index (χ4n) is 2.10. The smallest absolute Gasteiger partial charge is 0.352 e. The van der Waals surface area contributed by atoms with Gasteiger partial charge in [-0.1, -0.05) is 6.07 Å². The molecule has 0 aliphatic rings. The SMILES string of the molecule is Cc1[nH]c(C(=O)O)c(C)c1C(=O)Nc1c(Br)cccc1Br. The van der Waals surface area contributed by atoms with Crippen molar-refractivity contribution >= 4 is 49.4 Å². The van der Waals surface area contributed by atoms with E-state index in [4.69, 9.17) is 5.11 Å². The summed E-state index contributed by atoms with van der Waals surface area (Å²) in [4.78, 5) is 26.3. The Hall–Kier alpha value is -1.60. The van der Waals surface area contributed by atoms with Crippen molar-refractivity contribution in [1.82, 2.24) is 4.98 Å². The quantitative estimate of drug-likeness (QED) is 0.705. The fourth-order valence-corrected chi connectivity index (χ4v) is 3.29. The van der Waals surface area contributed by atoms with E-state index in [1.54, 1.807) is 26.0 Å². The number of carbonyl (C=O) groups is 2. The van der Waals surface area contributed by atoms with Crippen LogP contribution < -0.4 is 5.32 Å². The maximum absolute atomic E-state index is 12.4. The first-order valence-electron chi connectivity index (χ1n) is 6.00. The van der Waals surface area contributed by atoms with E-state index >= 15 is 0 Å². The number of aromatic nitrogens is 1. The van der Waals surface area contributed by atoms with Crippen molar-refractivity contribution in [2.24, 2.45) is 0 Å². The van der Waals surface area contributed by atoms with Gasteiger partial charge in [0.1, 0.15) is 5.69 Å². The van der Waals surface area contributed by atoms with Gasteiger partial charge >= 0.3 is 5.97 Å². The summed E-state index contributed by atoms with van der Waals surface area (Å²) in [5.41, 5.74) is 1.91. The van der Waals surface area contributed by atoms with Crippen molar-refractivity contribution in [2.45, 2.75) is 13.8 Å². The van der Waals surface area contributed by atoms with E-state index in [2.05, 4.69) is 42.2 Å². The number of aromatic amines is 1. The number of para-hydroxylation sites is 1. The monoisotopic (exact) mass is 414 g/mol. The van der Waals surface area contributed by atoms with Gasteiger partial charge in [-0.2, -0.15) is 0 Å². The van der Waals surface area contributed by atoms with E-state index < -0.39 is 5.97 Å². The summed E-state index contributed by atoms with van der Waals surface area (Å²) in [6.07, 6.45) is 0. The Balaban J connectivity index is 2.40. The molecule has 3 N–H and O–H groups in total. The number of aromatic carboxylic acids is 1. The van der Waals surface area contributed by atoms with Gasteiger partial charge in [0.2, 0.25) is 0 Å². The molecule has 0 aliphatic carbocycles. The molecule has 0 aliphatic heterocycles. The number of hydrogen-bond donors (Lipinski definition) is 3. The van der Waals surface area contributed by atoms with Crippen LogP contribution in [0.3, 0.4) is 0 Å². The summed E-state index contributed by atoms with van der Waals surface area (Å²) >= 11 is 6.73. The summed E-state index contributed by atoms with van der Waals surface area (Å²) in [7, 11) is 0. The van der Waals surface area contributed by atoms with Gasteiger partial charge in [0.05, 0.1) is 11.3 Å². The normalized spacial score (nSPS) is 10.5. The zero-order chi connectivity index (χ0) is 15.7. The molecular formula is C14H12Br2N2O3. The highest BCUT2D eigenvalue weighted by molar-refractivity contribution is 9.11. The van der Waals surface area contributed by atoms with Crippen LogP contribution in [0.2, 0.25) is 0 Å². The zero-order valence-electron chi connectivity index (χ0n) is 11.3. The van der Waals surface area contributed by atoms with Crippen LogP contribution in [0.4, 0.5) is 5.69 Å². The van der Waals surface area contributed by atoms with E-state index in [0.717, 1.165) is 8.95 Å². The molecule has 2 rings (SSSR count). The molecule has 0 atom stereocenters. The van der Waals surface area contributed by atoms with Crippen molar-refractivity contribution in [1.29, 1.82) is 0 Å². The summed E-state index contributed by atoms with van der Waals surface area (Å²) in [6.45, 7) is 3.28. The van der Waals surface area contributed by atoms with E-state index in [1.807, 2.05) is 6.07 Å². The minimum atomic E-state index is -1.09. The van der Waals surface area contributed by atoms with Gasteiger partial charge in [0.25, 0.3) is 5.91 Å². The average molecular weight is 416 g/mol. The molecule has 0 spiro atoms. The summed E-state index contributed by atoms with van der Waals surface area (Å²) in [6, 6.07) is 5.44. The third-order valence-electron chi connectivity index (χ3n) is 3.08. The molecule has 7 heteroatoms. The van der Waals surface area contributed by atoms with Crippen LogP contribution in [0.25, 0.3) is 0 Å². The summed E-state index contributed by atoms with van der Waals surface area (Å²) in [5.74, 6) is -1.45. The van der Waals surface area contributed by atoms with Crippen LogP contribution in [0.1, 0.15) is 32.1 Å². The molecule has 5 nitrogen and oxygen atoms in total. The highest BCUT2D eigenvalue weighted by Crippen LogP contribution is 2.31. The Kier molecular flexibility index (Phi) is 4.53. The van der Waals surface area contributed by atoms with Crippen LogP contribution in [0.5, 0.6) is 0 Å². The molecule has 2 aromatic rings. The number of nitrogens with one attached hydrogen (secondary N) is 2. The van der Waals surface area contributed by atoms with Crippen molar-refractivity contribution in [3.63, 3.8) is 0 Å². The van der Waals surface area contributed by atoms with Crippen LogP contribution in [0.15, 0.2) is 27.1 Å². The Labute approximate surface area is 138 Å². The van der Waals surface area contributed by atoms with Crippen LogP contribution in [-0.4, -0.2) is 22.0 Å². The predicted octanol–water partition coefficient (Wildman–Crippen LogP) is 4.11. The van der Waals surface area contributed by atoms with Crippen LogP contribution >= 0.6 is 31.9 Å². The molecule has 0 fully saturated rings. The number of hydrogen-bond acceptors (Lipinski definition) is 2. The number of rotatable bonds is 3. The van der Waals surface area contributed by atoms with Gasteiger partial charge in [-0.15, -0.1) is 0 Å². The van der Waals surface area contributed by atoms with E-state index in [1.165, 1.54) is 0 Å². The summed E-state index contributed by atoms with van der Waals surface area (Å²) in [5, 5.41) is 11.9. The topological polar surface area (TPSA) is 82.2 Å². The van der Waals surface area contributed by atoms with Crippen molar-refractivity contribution in [2.75, 3.05) is 5.32 Å². The highest BCUT2D eigenvalue weighted by Gasteiger charge is 2.22. The number of benzene rings is 1. The molecule has 1 heterocycles. The zero-order valence-corrected chi connectivity index (χ0v) is 14.4. The number of amides is 1. The number of H-pyrrole nitrogens is 1. The van der Waals surface area contributed by atoms with Gasteiger partial charge in [-0.3, -0.25) is 4.79 Å². The standard InChI is InChI=1S/C14H12Br2N2O3/c1-6-10(7(2)17-11(6)14(20)21)13(19)18-12-8(15)4-3-5-9(12)16/h3-5,17H,1-2H3,(H,18,19)(H,20,21). The fraction of sp³-hybridized carbons (Fsp3) is 0.143. The molecule has 1 amide bonds.